The molecular formula is C23H22N4O8S. The summed E-state index contributed by atoms with van der Waals surface area (Å²) in [6, 6.07) is 9.57. The minimum Gasteiger partial charge on any atom is -0.500 e. The van der Waals surface area contributed by atoms with Crippen LogP contribution in [0.4, 0.5) is 21.9 Å². The van der Waals surface area contributed by atoms with E-state index in [9.17, 15) is 29.6 Å². The number of nitro groups is 1. The number of ether oxygens (including phenoxy) is 2. The molecule has 0 unspecified atom stereocenters. The number of phenolic OH excluding ortho intramolecular Hbond substituents is 1. The van der Waals surface area contributed by atoms with Gasteiger partial charge in [-0.2, -0.15) is 0 Å². The maximum Gasteiger partial charge on any atom is 0.315 e. The molecule has 2 aromatic rings. The van der Waals surface area contributed by atoms with E-state index in [0.717, 1.165) is 29.7 Å². The Morgan fingerprint density at radius 3 is 2.58 bits per heavy atom. The molecule has 0 atom stereocenters. The van der Waals surface area contributed by atoms with Crippen LogP contribution < -0.4 is 15.0 Å². The lowest BCUT2D eigenvalue weighted by atomic mass is 10.1. The zero-order chi connectivity index (χ0) is 25.8. The number of carbonyl (C=O) groups is 3. The summed E-state index contributed by atoms with van der Waals surface area (Å²) in [5.74, 6) is -2.08. The second kappa shape index (κ2) is 10.7. The zero-order valence-corrected chi connectivity index (χ0v) is 19.9. The van der Waals surface area contributed by atoms with Gasteiger partial charge in [0, 0.05) is 30.5 Å². The number of nitro benzene ring substituents is 1. The largest absolute Gasteiger partial charge is 0.500 e. The molecule has 3 amide bonds. The van der Waals surface area contributed by atoms with Gasteiger partial charge in [0.1, 0.15) is 6.54 Å². The highest BCUT2D eigenvalue weighted by Gasteiger charge is 2.36. The molecule has 188 valence electrons. The fraction of sp³-hybridized carbons (Fsp3) is 0.261. The van der Waals surface area contributed by atoms with Crippen molar-refractivity contribution in [1.82, 2.24) is 4.90 Å². The minimum absolute atomic E-state index is 0.0234. The van der Waals surface area contributed by atoms with Crippen LogP contribution in [-0.4, -0.2) is 71.9 Å². The normalized spacial score (nSPS) is 17.0. The van der Waals surface area contributed by atoms with E-state index in [1.807, 2.05) is 12.1 Å². The molecule has 2 fully saturated rings. The average molecular weight is 515 g/mol. The fourth-order valence-electron chi connectivity index (χ4n) is 3.70. The number of rotatable bonds is 7. The molecule has 2 aromatic carbocycles. The number of hydrogen-bond acceptors (Lipinski definition) is 10. The molecule has 0 radical (unpaired) electrons. The predicted octanol–water partition coefficient (Wildman–Crippen LogP) is 2.82. The van der Waals surface area contributed by atoms with Crippen LogP contribution in [-0.2, 0) is 14.3 Å². The van der Waals surface area contributed by atoms with Crippen LogP contribution in [0.5, 0.6) is 11.5 Å². The Morgan fingerprint density at radius 2 is 1.94 bits per heavy atom. The third-order valence-electron chi connectivity index (χ3n) is 5.49. The molecule has 2 saturated heterocycles. The molecule has 0 bridgehead atoms. The van der Waals surface area contributed by atoms with Gasteiger partial charge < -0.3 is 24.8 Å². The first-order chi connectivity index (χ1) is 17.3. The average Bonchev–Trinajstić information content (AvgIpc) is 3.12. The number of amides is 3. The van der Waals surface area contributed by atoms with Gasteiger partial charge in [0.15, 0.2) is 5.75 Å². The number of nitrogens with one attached hydrogen (secondary N) is 1. The summed E-state index contributed by atoms with van der Waals surface area (Å²) in [5, 5.41) is 23.1. The molecule has 0 aromatic heterocycles. The first kappa shape index (κ1) is 25.0. The van der Waals surface area contributed by atoms with Crippen LogP contribution in [0.15, 0.2) is 41.3 Å². The van der Waals surface area contributed by atoms with E-state index in [1.165, 1.54) is 19.3 Å². The zero-order valence-electron chi connectivity index (χ0n) is 19.1. The quantitative estimate of drug-likeness (QED) is 0.320. The highest BCUT2D eigenvalue weighted by Crippen LogP contribution is 2.39. The van der Waals surface area contributed by atoms with Crippen molar-refractivity contribution in [3.05, 3.63) is 57.0 Å². The van der Waals surface area contributed by atoms with Crippen molar-refractivity contribution in [3.8, 4) is 11.5 Å². The van der Waals surface area contributed by atoms with Gasteiger partial charge in [0.2, 0.25) is 11.7 Å². The molecule has 4 rings (SSSR count). The standard InChI is InChI=1S/C23H22N4O8S/c1-34-18-11-14(10-17(21(18)29)27(32)33)12-19-22(30)26(23(31)36-19)13-20(28)24-15-2-4-16(5-3-15)25-6-8-35-9-7-25/h2-5,10-12,29H,6-9,13H2,1H3,(H,24,28)/b19-12+. The maximum absolute atomic E-state index is 12.8. The SMILES string of the molecule is COc1cc(/C=C2/SC(=O)N(CC(=O)Nc3ccc(N4CCOCC4)cc3)C2=O)cc([N+](=O)[O-])c1O. The van der Waals surface area contributed by atoms with Crippen molar-refractivity contribution in [2.75, 3.05) is 50.2 Å². The predicted molar refractivity (Wildman–Crippen MR) is 132 cm³/mol. The number of carbonyl (C=O) groups excluding carboxylic acids is 3. The number of hydrogen-bond donors (Lipinski definition) is 2. The second-order valence-corrected chi connectivity index (χ2v) is 8.80. The van der Waals surface area contributed by atoms with Crippen LogP contribution in [0, 0.1) is 10.1 Å². The Labute approximate surface area is 209 Å². The highest BCUT2D eigenvalue weighted by atomic mass is 32.2. The first-order valence-corrected chi connectivity index (χ1v) is 11.6. The molecule has 0 aliphatic carbocycles. The van der Waals surface area contributed by atoms with Crippen LogP contribution in [0.25, 0.3) is 6.08 Å². The maximum atomic E-state index is 12.8. The number of thioether (sulfide) groups is 1. The number of imide groups is 1. The van der Waals surface area contributed by atoms with Crippen molar-refractivity contribution >= 4 is 52.0 Å². The third-order valence-corrected chi connectivity index (χ3v) is 6.40. The van der Waals surface area contributed by atoms with Gasteiger partial charge in [-0.3, -0.25) is 29.4 Å². The molecule has 2 heterocycles. The number of nitrogens with zero attached hydrogens (tertiary/aromatic N) is 3. The van der Waals surface area contributed by atoms with E-state index < -0.39 is 40.0 Å². The van der Waals surface area contributed by atoms with Crippen molar-refractivity contribution in [3.63, 3.8) is 0 Å². The molecule has 0 saturated carbocycles. The number of morpholine rings is 1. The summed E-state index contributed by atoms with van der Waals surface area (Å²) in [6.45, 7) is 2.38. The van der Waals surface area contributed by atoms with Crippen LogP contribution >= 0.6 is 11.8 Å². The number of anilines is 2. The summed E-state index contributed by atoms with van der Waals surface area (Å²) in [4.78, 5) is 51.0. The number of aromatic hydroxyl groups is 1. The highest BCUT2D eigenvalue weighted by molar-refractivity contribution is 8.18. The van der Waals surface area contributed by atoms with Gasteiger partial charge in [0.05, 0.1) is 30.2 Å². The van der Waals surface area contributed by atoms with Gasteiger partial charge >= 0.3 is 5.69 Å². The first-order valence-electron chi connectivity index (χ1n) is 10.8. The van der Waals surface area contributed by atoms with E-state index >= 15 is 0 Å². The minimum atomic E-state index is -0.793. The van der Waals surface area contributed by atoms with Crippen molar-refractivity contribution < 1.29 is 33.9 Å². The monoisotopic (exact) mass is 514 g/mol. The lowest BCUT2D eigenvalue weighted by molar-refractivity contribution is -0.386. The Balaban J connectivity index is 1.43. The van der Waals surface area contributed by atoms with E-state index in [0.29, 0.717) is 30.7 Å². The summed E-state index contributed by atoms with van der Waals surface area (Å²) in [7, 11) is 1.23. The molecular weight excluding hydrogens is 492 g/mol. The molecule has 2 aliphatic rings. The van der Waals surface area contributed by atoms with Crippen LogP contribution in [0.1, 0.15) is 5.56 Å². The lowest BCUT2D eigenvalue weighted by Crippen LogP contribution is -2.36. The topological polar surface area (TPSA) is 152 Å². The van der Waals surface area contributed by atoms with Crippen molar-refractivity contribution in [2.45, 2.75) is 0 Å². The molecule has 12 nitrogen and oxygen atoms in total. The van der Waals surface area contributed by atoms with E-state index in [2.05, 4.69) is 10.2 Å². The lowest BCUT2D eigenvalue weighted by Gasteiger charge is -2.28. The molecule has 2 aliphatic heterocycles. The van der Waals surface area contributed by atoms with Gasteiger partial charge in [-0.05, 0) is 53.7 Å². The van der Waals surface area contributed by atoms with Crippen LogP contribution in [0.2, 0.25) is 0 Å². The second-order valence-electron chi connectivity index (χ2n) is 7.81. The number of benzene rings is 2. The molecule has 2 N–H and O–H groups in total. The van der Waals surface area contributed by atoms with E-state index in [1.54, 1.807) is 12.1 Å². The van der Waals surface area contributed by atoms with Crippen LogP contribution in [0.3, 0.4) is 0 Å². The Hall–Kier alpha value is -4.10. The van der Waals surface area contributed by atoms with Gasteiger partial charge in [-0.25, -0.2) is 0 Å². The van der Waals surface area contributed by atoms with Crippen molar-refractivity contribution in [1.29, 1.82) is 0 Å². The van der Waals surface area contributed by atoms with Gasteiger partial charge in [-0.15, -0.1) is 0 Å². The summed E-state index contributed by atoms with van der Waals surface area (Å²) in [5.41, 5.74) is 1.08. The molecule has 36 heavy (non-hydrogen) atoms. The van der Waals surface area contributed by atoms with E-state index in [-0.39, 0.29) is 16.2 Å². The summed E-state index contributed by atoms with van der Waals surface area (Å²) < 4.78 is 10.3. The Bertz CT molecular complexity index is 1240. The van der Waals surface area contributed by atoms with Gasteiger partial charge in [0.25, 0.3) is 11.1 Å². The van der Waals surface area contributed by atoms with Crippen molar-refractivity contribution in [2.24, 2.45) is 0 Å². The number of methoxy groups -OCH3 is 1. The summed E-state index contributed by atoms with van der Waals surface area (Å²) >= 11 is 0.604. The molecule has 13 heteroatoms. The Morgan fingerprint density at radius 1 is 1.25 bits per heavy atom. The Kier molecular flexibility index (Phi) is 7.41. The van der Waals surface area contributed by atoms with E-state index in [4.69, 9.17) is 9.47 Å². The number of phenols is 1. The molecule has 0 spiro atoms. The smallest absolute Gasteiger partial charge is 0.315 e. The third kappa shape index (κ3) is 5.42. The summed E-state index contributed by atoms with van der Waals surface area (Å²) in [6.07, 6.45) is 1.27. The van der Waals surface area contributed by atoms with Gasteiger partial charge in [-0.1, -0.05) is 0 Å². The fourth-order valence-corrected chi connectivity index (χ4v) is 4.54.